The second-order valence-electron chi connectivity index (χ2n) is 8.57. The van der Waals surface area contributed by atoms with Crippen molar-refractivity contribution in [3.63, 3.8) is 0 Å². The van der Waals surface area contributed by atoms with Gasteiger partial charge in [0.25, 0.3) is 5.56 Å². The molecule has 1 unspecified atom stereocenters. The Morgan fingerprint density at radius 3 is 2.74 bits per heavy atom. The highest BCUT2D eigenvalue weighted by molar-refractivity contribution is 6.30. The number of rotatable bonds is 9. The van der Waals surface area contributed by atoms with Crippen molar-refractivity contribution in [1.29, 1.82) is 0 Å². The Bertz CT molecular complexity index is 1270. The van der Waals surface area contributed by atoms with Gasteiger partial charge in [0.15, 0.2) is 0 Å². The summed E-state index contributed by atoms with van der Waals surface area (Å²) >= 11 is 6.03. The predicted molar refractivity (Wildman–Crippen MR) is 134 cm³/mol. The minimum absolute atomic E-state index is 0.208. The number of imidazole rings is 1. The van der Waals surface area contributed by atoms with Crippen LogP contribution >= 0.6 is 11.6 Å². The van der Waals surface area contributed by atoms with E-state index in [2.05, 4.69) is 17.6 Å². The number of aryl methyl sites for hydroxylation is 1. The molecule has 1 saturated heterocycles. The molecule has 0 aliphatic carbocycles. The van der Waals surface area contributed by atoms with Crippen molar-refractivity contribution >= 4 is 35.1 Å². The molecule has 0 saturated carbocycles. The highest BCUT2D eigenvalue weighted by Gasteiger charge is 2.28. The Kier molecular flexibility index (Phi) is 7.72. The van der Waals surface area contributed by atoms with E-state index in [0.29, 0.717) is 48.5 Å². The van der Waals surface area contributed by atoms with E-state index in [1.54, 1.807) is 28.8 Å². The van der Waals surface area contributed by atoms with Crippen molar-refractivity contribution < 1.29 is 14.7 Å². The molecule has 1 aliphatic rings. The summed E-state index contributed by atoms with van der Waals surface area (Å²) < 4.78 is 3.59. The monoisotopic (exact) mass is 500 g/mol. The lowest BCUT2D eigenvalue weighted by molar-refractivity contribution is -0.138. The van der Waals surface area contributed by atoms with Gasteiger partial charge in [-0.1, -0.05) is 43.5 Å². The zero-order chi connectivity index (χ0) is 24.9. The zero-order valence-corrected chi connectivity index (χ0v) is 20.3. The molecule has 10 nitrogen and oxygen atoms in total. The van der Waals surface area contributed by atoms with E-state index >= 15 is 0 Å². The standard InChI is InChI=1S/C24H29ClN6O4/c1-2-3-4-10-30-20(29-11-9-26-19(14-29)23(35)27-13-22(33)34)12-21(32)31-15-18(28-24(30)31)16-5-7-17(25)8-6-16/h5-8,12,15,19,26H,2-4,9-11,13-14H2,1H3,(H,27,35)(H,33,34). The van der Waals surface area contributed by atoms with Gasteiger partial charge in [0.2, 0.25) is 11.7 Å². The van der Waals surface area contributed by atoms with Gasteiger partial charge >= 0.3 is 5.97 Å². The number of nitrogens with zero attached hydrogens (tertiary/aromatic N) is 4. The van der Waals surface area contributed by atoms with Crippen LogP contribution in [-0.2, 0) is 16.1 Å². The number of aliphatic carboxylic acids is 1. The van der Waals surface area contributed by atoms with Gasteiger partial charge in [-0.05, 0) is 18.6 Å². The molecule has 3 heterocycles. The number of unbranched alkanes of at least 4 members (excludes halogenated alkanes) is 2. The Hall–Kier alpha value is -3.37. The first kappa shape index (κ1) is 24.7. The number of benzene rings is 1. The molecule has 186 valence electrons. The molecule has 1 aromatic carbocycles. The zero-order valence-electron chi connectivity index (χ0n) is 19.5. The third-order valence-electron chi connectivity index (χ3n) is 6.05. The van der Waals surface area contributed by atoms with Gasteiger partial charge in [-0.3, -0.25) is 23.4 Å². The van der Waals surface area contributed by atoms with Crippen LogP contribution in [0.4, 0.5) is 5.82 Å². The maximum Gasteiger partial charge on any atom is 0.322 e. The molecule has 35 heavy (non-hydrogen) atoms. The van der Waals surface area contributed by atoms with E-state index in [1.807, 2.05) is 21.6 Å². The second kappa shape index (κ2) is 10.9. The summed E-state index contributed by atoms with van der Waals surface area (Å²) in [6, 6.07) is 8.31. The average molecular weight is 501 g/mol. The number of carboxylic acids is 1. The summed E-state index contributed by atoms with van der Waals surface area (Å²) in [4.78, 5) is 43.2. The summed E-state index contributed by atoms with van der Waals surface area (Å²) in [5, 5.41) is 15.0. The SMILES string of the molecule is CCCCCn1c(N2CCNC(C(=O)NCC(=O)O)C2)cc(=O)n2cc(-c3ccc(Cl)cc3)nc12. The molecule has 0 bridgehead atoms. The highest BCUT2D eigenvalue weighted by Crippen LogP contribution is 2.24. The van der Waals surface area contributed by atoms with Crippen LogP contribution in [0.3, 0.4) is 0 Å². The van der Waals surface area contributed by atoms with E-state index in [4.69, 9.17) is 21.7 Å². The van der Waals surface area contributed by atoms with Gasteiger partial charge in [0.1, 0.15) is 18.4 Å². The van der Waals surface area contributed by atoms with Gasteiger partial charge in [-0.15, -0.1) is 0 Å². The lowest BCUT2D eigenvalue weighted by atomic mass is 10.2. The van der Waals surface area contributed by atoms with Crippen molar-refractivity contribution in [3.8, 4) is 11.3 Å². The van der Waals surface area contributed by atoms with Crippen molar-refractivity contribution in [2.45, 2.75) is 38.8 Å². The molecule has 3 aromatic rings. The van der Waals surface area contributed by atoms with Crippen LogP contribution in [-0.4, -0.2) is 63.2 Å². The molecule has 1 aliphatic heterocycles. The number of carboxylic acid groups (broad SMARTS) is 1. The molecule has 11 heteroatoms. The average Bonchev–Trinajstić information content (AvgIpc) is 3.30. The molecular formula is C24H29ClN6O4. The fraction of sp³-hybridized carbons (Fsp3) is 0.417. The number of hydrogen-bond acceptors (Lipinski definition) is 6. The quantitative estimate of drug-likeness (QED) is 0.384. The number of halogens is 1. The van der Waals surface area contributed by atoms with Crippen LogP contribution in [0, 0.1) is 0 Å². The minimum Gasteiger partial charge on any atom is -0.480 e. The summed E-state index contributed by atoms with van der Waals surface area (Å²) in [6.07, 6.45) is 4.74. The number of nitrogens with one attached hydrogen (secondary N) is 2. The largest absolute Gasteiger partial charge is 0.480 e. The molecule has 4 rings (SSSR count). The van der Waals surface area contributed by atoms with Crippen LogP contribution in [0.25, 0.3) is 17.0 Å². The second-order valence-corrected chi connectivity index (χ2v) is 9.00. The van der Waals surface area contributed by atoms with E-state index in [1.165, 1.54) is 0 Å². The Morgan fingerprint density at radius 2 is 2.03 bits per heavy atom. The lowest BCUT2D eigenvalue weighted by Gasteiger charge is -2.35. The fourth-order valence-corrected chi connectivity index (χ4v) is 4.39. The number of anilines is 1. The summed E-state index contributed by atoms with van der Waals surface area (Å²) in [5.74, 6) is -0.246. The Labute approximate surface area is 207 Å². The van der Waals surface area contributed by atoms with Crippen molar-refractivity contribution in [2.24, 2.45) is 0 Å². The van der Waals surface area contributed by atoms with Gasteiger partial charge in [0, 0.05) is 49.0 Å². The first-order valence-corrected chi connectivity index (χ1v) is 12.1. The van der Waals surface area contributed by atoms with E-state index < -0.39 is 18.6 Å². The number of carbonyl (C=O) groups excluding carboxylic acids is 1. The molecule has 2 aromatic heterocycles. The molecule has 3 N–H and O–H groups in total. The number of fused-ring (bicyclic) bond motifs is 1. The fourth-order valence-electron chi connectivity index (χ4n) is 4.26. The lowest BCUT2D eigenvalue weighted by Crippen LogP contribution is -2.58. The van der Waals surface area contributed by atoms with E-state index in [0.717, 1.165) is 24.8 Å². The van der Waals surface area contributed by atoms with Gasteiger partial charge in [-0.2, -0.15) is 0 Å². The first-order valence-electron chi connectivity index (χ1n) is 11.7. The molecule has 1 amide bonds. The Balaban J connectivity index is 1.71. The number of piperazine rings is 1. The summed E-state index contributed by atoms with van der Waals surface area (Å²) in [5.41, 5.74) is 1.32. The van der Waals surface area contributed by atoms with Crippen molar-refractivity contribution in [3.05, 3.63) is 51.9 Å². The van der Waals surface area contributed by atoms with E-state index in [-0.39, 0.29) is 11.5 Å². The van der Waals surface area contributed by atoms with Crippen molar-refractivity contribution in [1.82, 2.24) is 24.6 Å². The number of carbonyl (C=O) groups is 2. The topological polar surface area (TPSA) is 121 Å². The molecule has 0 radical (unpaired) electrons. The predicted octanol–water partition coefficient (Wildman–Crippen LogP) is 1.99. The first-order chi connectivity index (χ1) is 16.9. The van der Waals surface area contributed by atoms with Crippen LogP contribution in [0.5, 0.6) is 0 Å². The molecule has 1 atom stereocenters. The Morgan fingerprint density at radius 1 is 1.26 bits per heavy atom. The maximum absolute atomic E-state index is 13.1. The molecule has 0 spiro atoms. The van der Waals surface area contributed by atoms with Gasteiger partial charge in [0.05, 0.1) is 5.69 Å². The van der Waals surface area contributed by atoms with E-state index in [9.17, 15) is 14.4 Å². The summed E-state index contributed by atoms with van der Waals surface area (Å²) in [6.45, 7) is 3.78. The highest BCUT2D eigenvalue weighted by atomic mass is 35.5. The number of hydrogen-bond donors (Lipinski definition) is 3. The molecule has 1 fully saturated rings. The summed E-state index contributed by atoms with van der Waals surface area (Å²) in [7, 11) is 0. The van der Waals surface area contributed by atoms with Gasteiger partial charge in [-0.25, -0.2) is 4.98 Å². The third-order valence-corrected chi connectivity index (χ3v) is 6.30. The van der Waals surface area contributed by atoms with Crippen LogP contribution < -0.4 is 21.1 Å². The van der Waals surface area contributed by atoms with Crippen LogP contribution in [0.2, 0.25) is 5.02 Å². The van der Waals surface area contributed by atoms with Crippen LogP contribution in [0.1, 0.15) is 26.2 Å². The number of amides is 1. The van der Waals surface area contributed by atoms with Crippen molar-refractivity contribution in [2.75, 3.05) is 31.1 Å². The maximum atomic E-state index is 13.1. The van der Waals surface area contributed by atoms with Crippen LogP contribution in [0.15, 0.2) is 41.3 Å². The smallest absolute Gasteiger partial charge is 0.322 e. The molecular weight excluding hydrogens is 472 g/mol. The normalized spacial score (nSPS) is 15.9. The van der Waals surface area contributed by atoms with Gasteiger partial charge < -0.3 is 20.6 Å². The number of aromatic nitrogens is 3. The third kappa shape index (κ3) is 5.66. The minimum atomic E-state index is -1.10.